The third-order valence-corrected chi connectivity index (χ3v) is 3.13. The van der Waals surface area contributed by atoms with E-state index in [1.165, 1.54) is 0 Å². The summed E-state index contributed by atoms with van der Waals surface area (Å²) in [6.07, 6.45) is 0.543. The van der Waals surface area contributed by atoms with E-state index in [0.29, 0.717) is 22.4 Å². The van der Waals surface area contributed by atoms with Crippen molar-refractivity contribution in [2.24, 2.45) is 0 Å². The van der Waals surface area contributed by atoms with E-state index < -0.39 is 0 Å². The Morgan fingerprint density at radius 1 is 1.17 bits per heavy atom. The molecule has 7 heteroatoms. The average Bonchev–Trinajstić information content (AvgIpc) is 2.32. The van der Waals surface area contributed by atoms with Gasteiger partial charge in [-0.05, 0) is 6.07 Å². The normalized spacial score (nSPS) is 10.3. The molecule has 0 aliphatic rings. The van der Waals surface area contributed by atoms with Crippen LogP contribution in [0, 0.1) is 0 Å². The van der Waals surface area contributed by atoms with Gasteiger partial charge in [0.15, 0.2) is 6.29 Å². The first kappa shape index (κ1) is 12.6. The molecule has 0 bridgehead atoms. The van der Waals surface area contributed by atoms with Crippen LogP contribution in [0.25, 0.3) is 11.1 Å². The number of halogens is 2. The van der Waals surface area contributed by atoms with E-state index in [-0.39, 0.29) is 22.5 Å². The second-order valence-corrected chi connectivity index (χ2v) is 4.23. The van der Waals surface area contributed by atoms with Crippen LogP contribution in [0.15, 0.2) is 18.2 Å². The van der Waals surface area contributed by atoms with Crippen molar-refractivity contribution >= 4 is 41.3 Å². The van der Waals surface area contributed by atoms with E-state index in [1.807, 2.05) is 0 Å². The zero-order valence-electron chi connectivity index (χ0n) is 9.02. The number of carbonyl (C=O) groups excluding carboxylic acids is 1. The van der Waals surface area contributed by atoms with Gasteiger partial charge in [-0.3, -0.25) is 4.79 Å². The first-order valence-electron chi connectivity index (χ1n) is 4.87. The molecule has 2 aromatic rings. The zero-order chi connectivity index (χ0) is 13.3. The molecule has 0 saturated heterocycles. The lowest BCUT2D eigenvalue weighted by Gasteiger charge is -2.10. The van der Waals surface area contributed by atoms with E-state index >= 15 is 0 Å². The molecule has 0 aliphatic carbocycles. The topological polar surface area (TPSA) is 94.9 Å². The van der Waals surface area contributed by atoms with Gasteiger partial charge in [0.2, 0.25) is 5.95 Å². The van der Waals surface area contributed by atoms with Crippen molar-refractivity contribution in [3.63, 3.8) is 0 Å². The smallest absolute Gasteiger partial charge is 0.222 e. The van der Waals surface area contributed by atoms with Gasteiger partial charge in [0.25, 0.3) is 0 Å². The summed E-state index contributed by atoms with van der Waals surface area (Å²) < 4.78 is 0. The van der Waals surface area contributed by atoms with Crippen LogP contribution in [0.5, 0.6) is 0 Å². The number of nitrogen functional groups attached to an aromatic ring is 2. The van der Waals surface area contributed by atoms with Gasteiger partial charge in [0.1, 0.15) is 11.5 Å². The number of rotatable bonds is 2. The summed E-state index contributed by atoms with van der Waals surface area (Å²) in [6.45, 7) is 0. The molecule has 1 aromatic heterocycles. The van der Waals surface area contributed by atoms with Gasteiger partial charge in [0, 0.05) is 5.56 Å². The number of carbonyl (C=O) groups is 1. The molecule has 1 heterocycles. The predicted molar refractivity (Wildman–Crippen MR) is 71.7 cm³/mol. The molecular formula is C11H8Cl2N4O. The van der Waals surface area contributed by atoms with E-state index in [1.54, 1.807) is 18.2 Å². The van der Waals surface area contributed by atoms with Gasteiger partial charge in [-0.15, -0.1) is 0 Å². The van der Waals surface area contributed by atoms with E-state index in [9.17, 15) is 4.79 Å². The molecule has 0 atom stereocenters. The fraction of sp³-hybridized carbons (Fsp3) is 0. The van der Waals surface area contributed by atoms with Crippen molar-refractivity contribution in [2.45, 2.75) is 0 Å². The largest absolute Gasteiger partial charge is 0.383 e. The number of benzene rings is 1. The molecule has 0 saturated carbocycles. The number of nitrogens with zero attached hydrogens (tertiary/aromatic N) is 2. The predicted octanol–water partition coefficient (Wildman–Crippen LogP) is 2.43. The van der Waals surface area contributed by atoms with Crippen molar-refractivity contribution in [1.82, 2.24) is 9.97 Å². The number of nitrogens with two attached hydrogens (primary N) is 2. The van der Waals surface area contributed by atoms with Crippen LogP contribution in [0.3, 0.4) is 0 Å². The third-order valence-electron chi connectivity index (χ3n) is 2.31. The number of aromatic nitrogens is 2. The molecule has 0 spiro atoms. The SMILES string of the molecule is Nc1nc(N)c(-c2cccc(Cl)c2Cl)c(C=O)n1. The van der Waals surface area contributed by atoms with E-state index in [0.717, 1.165) is 0 Å². The van der Waals surface area contributed by atoms with Gasteiger partial charge in [-0.25, -0.2) is 4.98 Å². The lowest BCUT2D eigenvalue weighted by Crippen LogP contribution is -2.06. The monoisotopic (exact) mass is 282 g/mol. The molecule has 1 aromatic carbocycles. The minimum atomic E-state index is -0.0727. The minimum Gasteiger partial charge on any atom is -0.383 e. The van der Waals surface area contributed by atoms with Crippen LogP contribution >= 0.6 is 23.2 Å². The molecule has 0 fully saturated rings. The minimum absolute atomic E-state index is 0.0727. The molecular weight excluding hydrogens is 275 g/mol. The summed E-state index contributed by atoms with van der Waals surface area (Å²) in [4.78, 5) is 18.7. The summed E-state index contributed by atoms with van der Waals surface area (Å²) in [5.74, 6) is 0.00488. The molecule has 5 nitrogen and oxygen atoms in total. The van der Waals surface area contributed by atoms with Gasteiger partial charge in [0.05, 0.1) is 15.6 Å². The Morgan fingerprint density at radius 2 is 1.89 bits per heavy atom. The Kier molecular flexibility index (Phi) is 3.36. The first-order chi connectivity index (χ1) is 8.54. The number of aldehydes is 1. The Labute approximate surface area is 113 Å². The highest BCUT2D eigenvalue weighted by Crippen LogP contribution is 2.36. The molecule has 0 aliphatic heterocycles. The average molecular weight is 283 g/mol. The number of hydrogen-bond donors (Lipinski definition) is 2. The molecule has 92 valence electrons. The summed E-state index contributed by atoms with van der Waals surface area (Å²) in [5, 5.41) is 0.629. The maximum Gasteiger partial charge on any atom is 0.222 e. The van der Waals surface area contributed by atoms with Crippen LogP contribution < -0.4 is 11.5 Å². The molecule has 18 heavy (non-hydrogen) atoms. The van der Waals surface area contributed by atoms with Crippen molar-refractivity contribution in [3.8, 4) is 11.1 Å². The van der Waals surface area contributed by atoms with Gasteiger partial charge >= 0.3 is 0 Å². The summed E-state index contributed by atoms with van der Waals surface area (Å²) in [5.41, 5.74) is 12.1. The van der Waals surface area contributed by atoms with E-state index in [4.69, 9.17) is 34.7 Å². The van der Waals surface area contributed by atoms with Gasteiger partial charge in [-0.1, -0.05) is 35.3 Å². The fourth-order valence-electron chi connectivity index (χ4n) is 1.57. The Balaban J connectivity index is 2.78. The van der Waals surface area contributed by atoms with Crippen molar-refractivity contribution in [2.75, 3.05) is 11.5 Å². The van der Waals surface area contributed by atoms with Gasteiger partial charge < -0.3 is 11.5 Å². The van der Waals surface area contributed by atoms with E-state index in [2.05, 4.69) is 9.97 Å². The molecule has 4 N–H and O–H groups in total. The Bertz CT molecular complexity index is 631. The summed E-state index contributed by atoms with van der Waals surface area (Å²) in [7, 11) is 0. The van der Waals surface area contributed by atoms with Crippen LogP contribution in [0.2, 0.25) is 10.0 Å². The lowest BCUT2D eigenvalue weighted by atomic mass is 10.0. The van der Waals surface area contributed by atoms with Crippen LogP contribution in [-0.2, 0) is 0 Å². The Morgan fingerprint density at radius 3 is 2.56 bits per heavy atom. The summed E-state index contributed by atoms with van der Waals surface area (Å²) >= 11 is 12.0. The highest BCUT2D eigenvalue weighted by molar-refractivity contribution is 6.43. The number of anilines is 2. The van der Waals surface area contributed by atoms with Crippen LogP contribution in [-0.4, -0.2) is 16.3 Å². The molecule has 2 rings (SSSR count). The molecule has 0 unspecified atom stereocenters. The maximum absolute atomic E-state index is 11.0. The highest BCUT2D eigenvalue weighted by Gasteiger charge is 2.16. The second-order valence-electron chi connectivity index (χ2n) is 3.45. The van der Waals surface area contributed by atoms with Crippen LogP contribution in [0.1, 0.15) is 10.5 Å². The quantitative estimate of drug-likeness (QED) is 0.825. The van der Waals surface area contributed by atoms with Crippen molar-refractivity contribution < 1.29 is 4.79 Å². The lowest BCUT2D eigenvalue weighted by molar-refractivity contribution is 0.111. The third kappa shape index (κ3) is 2.10. The fourth-order valence-corrected chi connectivity index (χ4v) is 1.97. The van der Waals surface area contributed by atoms with Gasteiger partial charge in [-0.2, -0.15) is 4.98 Å². The van der Waals surface area contributed by atoms with Crippen molar-refractivity contribution in [3.05, 3.63) is 33.9 Å². The van der Waals surface area contributed by atoms with Crippen molar-refractivity contribution in [1.29, 1.82) is 0 Å². The maximum atomic E-state index is 11.0. The Hall–Kier alpha value is -1.85. The molecule has 0 radical (unpaired) electrons. The standard InChI is InChI=1S/C11H8Cl2N4O/c12-6-3-1-2-5(9(6)13)8-7(4-18)16-11(15)17-10(8)14/h1-4H,(H4,14,15,16,17). The summed E-state index contributed by atoms with van der Waals surface area (Å²) in [6, 6.07) is 4.99. The molecule has 0 amide bonds. The zero-order valence-corrected chi connectivity index (χ0v) is 10.5. The van der Waals surface area contributed by atoms with Crippen LogP contribution in [0.4, 0.5) is 11.8 Å². The first-order valence-corrected chi connectivity index (χ1v) is 5.62. The number of hydrogen-bond acceptors (Lipinski definition) is 5. The second kappa shape index (κ2) is 4.80. The highest BCUT2D eigenvalue weighted by atomic mass is 35.5.